The van der Waals surface area contributed by atoms with Crippen molar-refractivity contribution < 1.29 is 14.3 Å². The van der Waals surface area contributed by atoms with Gasteiger partial charge in [0, 0.05) is 50.1 Å². The van der Waals surface area contributed by atoms with Crippen LogP contribution < -0.4 is 20.3 Å². The number of ether oxygens (including phenoxy) is 2. The van der Waals surface area contributed by atoms with Gasteiger partial charge in [0.2, 0.25) is 11.9 Å². The molecule has 1 aromatic heterocycles. The molecule has 3 aliphatic rings. The van der Waals surface area contributed by atoms with Crippen LogP contribution in [0.25, 0.3) is 5.57 Å². The maximum Gasteiger partial charge on any atom is 0.247 e. The number of likely N-dealkylation sites (N-methyl/N-ethyl adjacent to an activating group) is 2. The molecule has 2 aliphatic heterocycles. The summed E-state index contributed by atoms with van der Waals surface area (Å²) in [5.41, 5.74) is 4.06. The van der Waals surface area contributed by atoms with Crippen molar-refractivity contribution in [1.82, 2.24) is 19.8 Å². The summed E-state index contributed by atoms with van der Waals surface area (Å²) in [7, 11) is 7.65. The number of carbonyl (C=O) groups excluding carboxylic acids is 1. The predicted octanol–water partition coefficient (Wildman–Crippen LogP) is 3.48. The van der Waals surface area contributed by atoms with Gasteiger partial charge in [-0.25, -0.2) is 9.97 Å². The fourth-order valence-corrected chi connectivity index (χ4v) is 5.09. The first-order chi connectivity index (χ1) is 18.9. The van der Waals surface area contributed by atoms with Gasteiger partial charge in [-0.15, -0.1) is 0 Å². The first-order valence-electron chi connectivity index (χ1n) is 13.0. The second kappa shape index (κ2) is 11.2. The summed E-state index contributed by atoms with van der Waals surface area (Å²) >= 11 is 0. The summed E-state index contributed by atoms with van der Waals surface area (Å²) in [5.74, 6) is 1.90. The maximum atomic E-state index is 12.3. The lowest BCUT2D eigenvalue weighted by Gasteiger charge is -2.36. The van der Waals surface area contributed by atoms with Crippen LogP contribution in [0.5, 0.6) is 5.75 Å². The number of anilines is 4. The summed E-state index contributed by atoms with van der Waals surface area (Å²) < 4.78 is 11.6. The van der Waals surface area contributed by atoms with Crippen LogP contribution in [0, 0.1) is 5.92 Å². The van der Waals surface area contributed by atoms with Crippen molar-refractivity contribution in [3.63, 3.8) is 0 Å². The Hall–Kier alpha value is -4.31. The summed E-state index contributed by atoms with van der Waals surface area (Å²) in [6, 6.07) is 5.85. The van der Waals surface area contributed by atoms with Crippen LogP contribution in [0.2, 0.25) is 0 Å². The van der Waals surface area contributed by atoms with E-state index in [2.05, 4.69) is 55.2 Å². The third-order valence-corrected chi connectivity index (χ3v) is 7.10. The van der Waals surface area contributed by atoms with Gasteiger partial charge in [-0.3, -0.25) is 4.79 Å². The molecule has 0 spiro atoms. The molecule has 10 heteroatoms. The number of rotatable bonds is 10. The highest BCUT2D eigenvalue weighted by Crippen LogP contribution is 2.43. The van der Waals surface area contributed by atoms with E-state index in [0.717, 1.165) is 42.3 Å². The molecule has 1 fully saturated rings. The highest BCUT2D eigenvalue weighted by atomic mass is 16.5. The van der Waals surface area contributed by atoms with Crippen LogP contribution >= 0.6 is 0 Å². The molecule has 2 aromatic rings. The number of hydrogen-bond acceptors (Lipinski definition) is 9. The predicted molar refractivity (Wildman–Crippen MR) is 154 cm³/mol. The van der Waals surface area contributed by atoms with Crippen LogP contribution in [0.15, 0.2) is 67.2 Å². The number of nitrogens with one attached hydrogen (secondary N) is 2. The van der Waals surface area contributed by atoms with E-state index in [1.807, 2.05) is 45.4 Å². The molecule has 5 rings (SSSR count). The number of allylic oxidation sites excluding steroid dienone is 2. The Bertz CT molecular complexity index is 1350. The summed E-state index contributed by atoms with van der Waals surface area (Å²) in [5, 5.41) is 6.23. The van der Waals surface area contributed by atoms with Gasteiger partial charge in [-0.2, -0.15) is 0 Å². The van der Waals surface area contributed by atoms with Gasteiger partial charge < -0.3 is 34.8 Å². The molecule has 0 bridgehead atoms. The Morgan fingerprint density at radius 1 is 1.28 bits per heavy atom. The first-order valence-corrected chi connectivity index (χ1v) is 13.0. The minimum absolute atomic E-state index is 0.167. The zero-order chi connectivity index (χ0) is 27.5. The summed E-state index contributed by atoms with van der Waals surface area (Å²) in [6.45, 7) is 6.72. The quantitative estimate of drug-likeness (QED) is 0.449. The molecule has 1 amide bonds. The second-order valence-corrected chi connectivity index (χ2v) is 9.97. The molecule has 39 heavy (non-hydrogen) atoms. The number of morpholine rings is 1. The molecule has 204 valence electrons. The topological polar surface area (TPSA) is 95.1 Å². The Labute approximate surface area is 229 Å². The largest absolute Gasteiger partial charge is 0.494 e. The lowest BCUT2D eigenvalue weighted by atomic mass is 9.87. The molecule has 1 saturated heterocycles. The second-order valence-electron chi connectivity index (χ2n) is 9.97. The highest BCUT2D eigenvalue weighted by Gasteiger charge is 2.41. The normalized spacial score (nSPS) is 19.1. The summed E-state index contributed by atoms with van der Waals surface area (Å²) in [4.78, 5) is 28.1. The third kappa shape index (κ3) is 5.46. The number of nitrogens with zero attached hydrogens (tertiary/aromatic N) is 5. The van der Waals surface area contributed by atoms with E-state index in [1.165, 1.54) is 6.08 Å². The van der Waals surface area contributed by atoms with Crippen LogP contribution in [-0.2, 0) is 9.53 Å². The first kappa shape index (κ1) is 26.3. The van der Waals surface area contributed by atoms with Crippen molar-refractivity contribution in [2.45, 2.75) is 6.04 Å². The molecule has 1 aliphatic carbocycles. The van der Waals surface area contributed by atoms with Gasteiger partial charge in [0.1, 0.15) is 18.1 Å². The Balaban J connectivity index is 1.44. The zero-order valence-electron chi connectivity index (χ0n) is 22.8. The minimum Gasteiger partial charge on any atom is -0.494 e. The van der Waals surface area contributed by atoms with Gasteiger partial charge in [0.15, 0.2) is 0 Å². The van der Waals surface area contributed by atoms with Crippen LogP contribution in [0.1, 0.15) is 5.69 Å². The van der Waals surface area contributed by atoms with Gasteiger partial charge >= 0.3 is 0 Å². The monoisotopic (exact) mass is 529 g/mol. The number of methoxy groups -OCH3 is 1. The number of aromatic nitrogens is 2. The number of amides is 1. The van der Waals surface area contributed by atoms with Gasteiger partial charge in [-0.05, 0) is 38.4 Å². The van der Waals surface area contributed by atoms with Gasteiger partial charge in [-0.1, -0.05) is 18.7 Å². The summed E-state index contributed by atoms with van der Waals surface area (Å²) in [6.07, 6.45) is 11.5. The Kier molecular flexibility index (Phi) is 7.56. The van der Waals surface area contributed by atoms with Crippen molar-refractivity contribution >= 4 is 34.5 Å². The Morgan fingerprint density at radius 3 is 2.90 bits per heavy atom. The van der Waals surface area contributed by atoms with Gasteiger partial charge in [0.05, 0.1) is 42.5 Å². The van der Waals surface area contributed by atoms with Crippen molar-refractivity contribution in [3.05, 3.63) is 72.9 Å². The molecule has 2 N–H and O–H groups in total. The van der Waals surface area contributed by atoms with E-state index >= 15 is 0 Å². The molecule has 3 heterocycles. The molecular weight excluding hydrogens is 494 g/mol. The number of hydrogen-bond donors (Lipinski definition) is 2. The fraction of sp³-hybridized carbons (Fsp3) is 0.345. The zero-order valence-corrected chi connectivity index (χ0v) is 22.8. The van der Waals surface area contributed by atoms with E-state index in [4.69, 9.17) is 14.5 Å². The SMILES string of the molecule is C=CC(=O)Nc1cc(Nc2nccc(C3=CN4CCOC5=CC=CC3C54)n2)c(OC)cc1N(C)CCN(C)C. The van der Waals surface area contributed by atoms with Crippen molar-refractivity contribution in [2.24, 2.45) is 5.92 Å². The number of carbonyl (C=O) groups is 1. The van der Waals surface area contributed by atoms with Crippen LogP contribution in [0.3, 0.4) is 0 Å². The van der Waals surface area contributed by atoms with E-state index in [-0.39, 0.29) is 17.9 Å². The lowest BCUT2D eigenvalue weighted by Crippen LogP contribution is -2.41. The Morgan fingerprint density at radius 2 is 2.13 bits per heavy atom. The number of benzene rings is 1. The molecule has 2 unspecified atom stereocenters. The molecule has 2 atom stereocenters. The lowest BCUT2D eigenvalue weighted by molar-refractivity contribution is -0.111. The maximum absolute atomic E-state index is 12.3. The van der Waals surface area contributed by atoms with E-state index in [9.17, 15) is 4.79 Å². The van der Waals surface area contributed by atoms with Crippen molar-refractivity contribution in [3.8, 4) is 5.75 Å². The van der Waals surface area contributed by atoms with E-state index in [1.54, 1.807) is 13.3 Å². The third-order valence-electron chi connectivity index (χ3n) is 7.10. The van der Waals surface area contributed by atoms with Crippen LogP contribution in [0.4, 0.5) is 23.0 Å². The highest BCUT2D eigenvalue weighted by molar-refractivity contribution is 6.02. The van der Waals surface area contributed by atoms with E-state index in [0.29, 0.717) is 29.7 Å². The van der Waals surface area contributed by atoms with E-state index < -0.39 is 0 Å². The van der Waals surface area contributed by atoms with Crippen molar-refractivity contribution in [2.75, 3.05) is 70.0 Å². The van der Waals surface area contributed by atoms with Gasteiger partial charge in [0.25, 0.3) is 0 Å². The fourth-order valence-electron chi connectivity index (χ4n) is 5.09. The molecular formula is C29H35N7O3. The molecule has 0 radical (unpaired) electrons. The molecule has 10 nitrogen and oxygen atoms in total. The average molecular weight is 530 g/mol. The molecule has 0 saturated carbocycles. The smallest absolute Gasteiger partial charge is 0.247 e. The average Bonchev–Trinajstić information content (AvgIpc) is 3.32. The molecule has 1 aromatic carbocycles. The van der Waals surface area contributed by atoms with Crippen molar-refractivity contribution in [1.29, 1.82) is 0 Å². The van der Waals surface area contributed by atoms with Crippen LogP contribution in [-0.4, -0.2) is 86.2 Å². The minimum atomic E-state index is -0.297. The standard InChI is InChI=1S/C29H35N7O3/c1-6-27(37)31-22-16-23(26(38-5)17-24(22)35(4)13-12-34(2)3)33-29-30-11-10-21(32-29)20-18-36-14-15-39-25-9-7-8-19(20)28(25)36/h6-11,16-19,28H,1,12-15H2,2-5H3,(H,31,37)(H,30,32,33).